The number of carbonyl (C=O) groups excluding carboxylic acids is 1. The molecule has 1 heterocycles. The van der Waals surface area contributed by atoms with Crippen molar-refractivity contribution in [2.45, 2.75) is 19.4 Å². The lowest BCUT2D eigenvalue weighted by Gasteiger charge is -2.37. The van der Waals surface area contributed by atoms with Crippen LogP contribution in [-0.4, -0.2) is 55.2 Å². The van der Waals surface area contributed by atoms with Crippen molar-refractivity contribution >= 4 is 29.0 Å². The number of hydrogen-bond acceptors (Lipinski definition) is 5. The normalized spacial score (nSPS) is 17.1. The van der Waals surface area contributed by atoms with Gasteiger partial charge in [0.05, 0.1) is 44.3 Å². The van der Waals surface area contributed by atoms with Crippen LogP contribution in [0.25, 0.3) is 0 Å². The first-order valence-electron chi connectivity index (χ1n) is 8.66. The number of nitro benzene ring substituents is 1. The number of allylic oxidation sites excluding steroid dienone is 1. The number of thiocarbonyl (C=S) groups is 1. The Morgan fingerprint density at radius 2 is 2.00 bits per heavy atom. The molecule has 146 valence electrons. The summed E-state index contributed by atoms with van der Waals surface area (Å²) in [6.45, 7) is 3.52. The molecule has 0 bridgehead atoms. The fourth-order valence-corrected chi connectivity index (χ4v) is 3.40. The molecule has 8 nitrogen and oxygen atoms in total. The van der Waals surface area contributed by atoms with Gasteiger partial charge in [0, 0.05) is 30.8 Å². The van der Waals surface area contributed by atoms with Crippen LogP contribution in [0.15, 0.2) is 35.5 Å². The van der Waals surface area contributed by atoms with Crippen LogP contribution in [0.5, 0.6) is 0 Å². The molecular weight excluding hydrogens is 368 g/mol. The number of benzene rings is 1. The van der Waals surface area contributed by atoms with E-state index in [1.165, 1.54) is 24.1 Å². The first-order chi connectivity index (χ1) is 12.8. The van der Waals surface area contributed by atoms with Crippen molar-refractivity contribution in [1.29, 1.82) is 0 Å². The van der Waals surface area contributed by atoms with Crippen molar-refractivity contribution < 1.29 is 19.4 Å². The molecule has 0 spiro atoms. The lowest BCUT2D eigenvalue weighted by molar-refractivity contribution is -0.858. The zero-order chi connectivity index (χ0) is 20.1. The van der Waals surface area contributed by atoms with E-state index >= 15 is 0 Å². The number of rotatable bonds is 7. The molecule has 1 aromatic carbocycles. The van der Waals surface area contributed by atoms with E-state index in [9.17, 15) is 14.9 Å². The predicted octanol–water partition coefficient (Wildman–Crippen LogP) is 0.808. The zero-order valence-electron chi connectivity index (χ0n) is 15.9. The van der Waals surface area contributed by atoms with Gasteiger partial charge < -0.3 is 19.9 Å². The number of nitrogens with one attached hydrogen (secondary N) is 2. The number of ether oxygens (including phenoxy) is 1. The highest BCUT2D eigenvalue weighted by Crippen LogP contribution is 2.32. The van der Waals surface area contributed by atoms with E-state index in [-0.39, 0.29) is 5.69 Å². The lowest BCUT2D eigenvalue weighted by atomic mass is 9.94. The van der Waals surface area contributed by atoms with Gasteiger partial charge >= 0.3 is 5.97 Å². The molecule has 0 radical (unpaired) electrons. The summed E-state index contributed by atoms with van der Waals surface area (Å²) in [5.41, 5.74) is 1.89. The van der Waals surface area contributed by atoms with Gasteiger partial charge in [-0.05, 0) is 36.8 Å². The van der Waals surface area contributed by atoms with Crippen LogP contribution in [0.4, 0.5) is 5.69 Å². The molecule has 0 aliphatic carbocycles. The van der Waals surface area contributed by atoms with E-state index in [4.69, 9.17) is 17.0 Å². The maximum Gasteiger partial charge on any atom is 0.337 e. The van der Waals surface area contributed by atoms with E-state index in [0.717, 1.165) is 18.7 Å². The van der Waals surface area contributed by atoms with Crippen LogP contribution < -0.4 is 10.2 Å². The Balaban J connectivity index is 2.37. The summed E-state index contributed by atoms with van der Waals surface area (Å²) in [7, 11) is 5.50. The number of non-ortho nitro benzene ring substituents is 1. The molecule has 0 amide bonds. The third-order valence-electron chi connectivity index (χ3n) is 4.50. The second-order valence-corrected chi connectivity index (χ2v) is 7.07. The average molecular weight is 393 g/mol. The minimum atomic E-state index is -0.513. The summed E-state index contributed by atoms with van der Waals surface area (Å²) in [5.74, 6) is -0.450. The molecule has 1 aromatic rings. The monoisotopic (exact) mass is 393 g/mol. The van der Waals surface area contributed by atoms with Gasteiger partial charge in [0.15, 0.2) is 5.11 Å². The largest absolute Gasteiger partial charge is 0.466 e. The van der Waals surface area contributed by atoms with Gasteiger partial charge in [0.1, 0.15) is 0 Å². The van der Waals surface area contributed by atoms with Gasteiger partial charge in [-0.3, -0.25) is 10.1 Å². The van der Waals surface area contributed by atoms with Crippen molar-refractivity contribution in [2.75, 3.05) is 34.3 Å². The first kappa shape index (κ1) is 20.8. The molecule has 1 aliphatic rings. The summed E-state index contributed by atoms with van der Waals surface area (Å²) in [4.78, 5) is 26.1. The Morgan fingerprint density at radius 3 is 2.52 bits per heavy atom. The van der Waals surface area contributed by atoms with E-state index in [1.807, 2.05) is 11.8 Å². The number of carbonyl (C=O) groups is 1. The van der Waals surface area contributed by atoms with Crippen molar-refractivity contribution in [1.82, 2.24) is 10.2 Å². The number of esters is 1. The van der Waals surface area contributed by atoms with Crippen LogP contribution >= 0.6 is 12.2 Å². The summed E-state index contributed by atoms with van der Waals surface area (Å²) >= 11 is 5.52. The van der Waals surface area contributed by atoms with E-state index < -0.39 is 16.9 Å². The summed E-state index contributed by atoms with van der Waals surface area (Å²) in [6.07, 6.45) is 0.915. The zero-order valence-corrected chi connectivity index (χ0v) is 16.8. The van der Waals surface area contributed by atoms with Crippen molar-refractivity contribution in [3.63, 3.8) is 0 Å². The third kappa shape index (κ3) is 4.81. The molecule has 1 atom stereocenters. The molecule has 0 saturated heterocycles. The first-order valence-corrected chi connectivity index (χ1v) is 9.07. The molecule has 27 heavy (non-hydrogen) atoms. The maximum absolute atomic E-state index is 12.5. The Morgan fingerprint density at radius 1 is 1.37 bits per heavy atom. The van der Waals surface area contributed by atoms with Gasteiger partial charge in [-0.2, -0.15) is 0 Å². The van der Waals surface area contributed by atoms with Gasteiger partial charge in [-0.1, -0.05) is 0 Å². The summed E-state index contributed by atoms with van der Waals surface area (Å²) < 4.78 is 4.98. The highest BCUT2D eigenvalue weighted by Gasteiger charge is 2.34. The lowest BCUT2D eigenvalue weighted by Crippen LogP contribution is -3.05. The van der Waals surface area contributed by atoms with Gasteiger partial charge in [0.25, 0.3) is 5.69 Å². The summed E-state index contributed by atoms with van der Waals surface area (Å²) in [5, 5.41) is 14.6. The van der Waals surface area contributed by atoms with Crippen molar-refractivity contribution in [2.24, 2.45) is 0 Å². The maximum atomic E-state index is 12.5. The van der Waals surface area contributed by atoms with Crippen LogP contribution in [0, 0.1) is 10.1 Å². The van der Waals surface area contributed by atoms with Gasteiger partial charge in [-0.25, -0.2) is 4.79 Å². The van der Waals surface area contributed by atoms with Gasteiger partial charge in [-0.15, -0.1) is 0 Å². The molecule has 2 rings (SSSR count). The minimum absolute atomic E-state index is 0.00901. The van der Waals surface area contributed by atoms with Crippen LogP contribution in [0.3, 0.4) is 0 Å². The average Bonchev–Trinajstić information content (AvgIpc) is 2.63. The minimum Gasteiger partial charge on any atom is -0.466 e. The fraction of sp³-hybridized carbons (Fsp3) is 0.444. The molecular formula is C18H25N4O4S+. The number of nitro groups is 1. The fourth-order valence-electron chi connectivity index (χ4n) is 3.05. The molecule has 2 N–H and O–H groups in total. The predicted molar refractivity (Wildman–Crippen MR) is 105 cm³/mol. The van der Waals surface area contributed by atoms with Crippen LogP contribution in [0.2, 0.25) is 0 Å². The van der Waals surface area contributed by atoms with Crippen LogP contribution in [0.1, 0.15) is 24.9 Å². The van der Waals surface area contributed by atoms with E-state index in [2.05, 4.69) is 19.4 Å². The molecule has 9 heteroatoms. The summed E-state index contributed by atoms with van der Waals surface area (Å²) in [6, 6.07) is 5.56. The standard InChI is InChI=1S/C18H24N4O4S/c1-12-15(17(23)26-4)16(13-6-8-14(9-7-13)22(24)25)19-18(27)21(12)11-5-10-20(2)3/h6-9,16H,5,10-11H2,1-4H3,(H,19,27)/p+1/t16-/m1/s1. The number of methoxy groups -OCH3 is 1. The molecule has 0 unspecified atom stereocenters. The van der Waals surface area contributed by atoms with E-state index in [0.29, 0.717) is 22.8 Å². The molecule has 1 aliphatic heterocycles. The Kier molecular flexibility index (Phi) is 6.86. The number of nitrogens with zero attached hydrogens (tertiary/aromatic N) is 2. The second kappa shape index (κ2) is 8.92. The van der Waals surface area contributed by atoms with E-state index in [1.54, 1.807) is 12.1 Å². The SMILES string of the molecule is COC(=O)C1=C(C)N(CCC[NH+](C)C)C(=S)N[C@@H]1c1ccc([N+](=O)[O-])cc1. The Labute approximate surface area is 163 Å². The quantitative estimate of drug-likeness (QED) is 0.307. The molecule has 0 fully saturated rings. The van der Waals surface area contributed by atoms with Crippen molar-refractivity contribution in [3.05, 3.63) is 51.2 Å². The van der Waals surface area contributed by atoms with Crippen LogP contribution in [-0.2, 0) is 9.53 Å². The molecule has 0 aromatic heterocycles. The third-order valence-corrected chi connectivity index (χ3v) is 4.84. The van der Waals surface area contributed by atoms with Gasteiger partial charge in [0.2, 0.25) is 0 Å². The Hall–Kier alpha value is -2.52. The number of hydrogen-bond donors (Lipinski definition) is 2. The second-order valence-electron chi connectivity index (χ2n) is 6.68. The molecule has 0 saturated carbocycles. The highest BCUT2D eigenvalue weighted by atomic mass is 32.1. The number of quaternary nitrogens is 1. The van der Waals surface area contributed by atoms with Crippen molar-refractivity contribution in [3.8, 4) is 0 Å². The highest BCUT2D eigenvalue weighted by molar-refractivity contribution is 7.80. The smallest absolute Gasteiger partial charge is 0.337 e. The topological polar surface area (TPSA) is 89.2 Å². The Bertz CT molecular complexity index is 761.